The zero-order chi connectivity index (χ0) is 12.8. The highest BCUT2D eigenvalue weighted by atomic mass is 32.2. The van der Waals surface area contributed by atoms with Gasteiger partial charge in [-0.15, -0.1) is 0 Å². The van der Waals surface area contributed by atoms with Gasteiger partial charge in [0.15, 0.2) is 10.3 Å². The molecule has 2 N–H and O–H groups in total. The average molecular weight is 277 g/mol. The minimum atomic E-state index is 0.559. The number of nitrogens with zero attached hydrogens (tertiary/aromatic N) is 3. The number of anilines is 1. The minimum Gasteiger partial charge on any atom is -0.366 e. The Labute approximate surface area is 114 Å². The molecule has 0 bridgehead atoms. The molecular weight excluding hydrogens is 266 g/mol. The normalized spacial score (nSPS) is 9.83. The van der Waals surface area contributed by atoms with E-state index in [1.165, 1.54) is 11.8 Å². The quantitative estimate of drug-likeness (QED) is 0.656. The molecule has 2 aromatic heterocycles. The molecule has 0 aliphatic rings. The van der Waals surface area contributed by atoms with Gasteiger partial charge >= 0.3 is 0 Å². The molecule has 2 aromatic rings. The summed E-state index contributed by atoms with van der Waals surface area (Å²) in [6.45, 7) is 0. The Morgan fingerprint density at radius 1 is 1.22 bits per heavy atom. The van der Waals surface area contributed by atoms with Crippen molar-refractivity contribution in [3.8, 4) is 0 Å². The van der Waals surface area contributed by atoms with Crippen molar-refractivity contribution in [3.63, 3.8) is 0 Å². The van der Waals surface area contributed by atoms with E-state index >= 15 is 0 Å². The molecule has 0 aromatic carbocycles. The van der Waals surface area contributed by atoms with Crippen molar-refractivity contribution in [3.05, 3.63) is 36.8 Å². The highest BCUT2D eigenvalue weighted by molar-refractivity contribution is 7.99. The largest absolute Gasteiger partial charge is 0.366 e. The van der Waals surface area contributed by atoms with Crippen LogP contribution in [0.4, 0.5) is 5.69 Å². The van der Waals surface area contributed by atoms with Crippen molar-refractivity contribution in [2.24, 2.45) is 0 Å². The van der Waals surface area contributed by atoms with Crippen LogP contribution in [-0.2, 0) is 0 Å². The SMILES string of the molecule is CNC(=S)Nc1ccc(Sc2ncccn2)nc1. The Kier molecular flexibility index (Phi) is 4.43. The van der Waals surface area contributed by atoms with Crippen LogP contribution in [-0.4, -0.2) is 27.1 Å². The van der Waals surface area contributed by atoms with E-state index in [1.807, 2.05) is 12.1 Å². The van der Waals surface area contributed by atoms with Gasteiger partial charge < -0.3 is 10.6 Å². The summed E-state index contributed by atoms with van der Waals surface area (Å²) in [6, 6.07) is 5.58. The van der Waals surface area contributed by atoms with Gasteiger partial charge in [0.1, 0.15) is 5.03 Å². The predicted molar refractivity (Wildman–Crippen MR) is 75.7 cm³/mol. The fourth-order valence-electron chi connectivity index (χ4n) is 1.14. The fraction of sp³-hybridized carbons (Fsp3) is 0.0909. The lowest BCUT2D eigenvalue weighted by Crippen LogP contribution is -2.24. The van der Waals surface area contributed by atoms with Gasteiger partial charge in [0.25, 0.3) is 0 Å². The van der Waals surface area contributed by atoms with Gasteiger partial charge in [-0.1, -0.05) is 0 Å². The average Bonchev–Trinajstić information content (AvgIpc) is 2.42. The van der Waals surface area contributed by atoms with Crippen molar-refractivity contribution < 1.29 is 0 Å². The summed E-state index contributed by atoms with van der Waals surface area (Å²) in [5, 5.41) is 7.91. The number of nitrogens with one attached hydrogen (secondary N) is 2. The lowest BCUT2D eigenvalue weighted by molar-refractivity contribution is 0.960. The van der Waals surface area contributed by atoms with E-state index in [2.05, 4.69) is 25.6 Å². The maximum Gasteiger partial charge on any atom is 0.193 e. The van der Waals surface area contributed by atoms with Crippen LogP contribution in [0, 0.1) is 0 Å². The number of rotatable bonds is 3. The summed E-state index contributed by atoms with van der Waals surface area (Å²) >= 11 is 6.41. The number of pyridine rings is 1. The van der Waals surface area contributed by atoms with E-state index in [-0.39, 0.29) is 0 Å². The summed E-state index contributed by atoms with van der Waals surface area (Å²) in [7, 11) is 1.76. The standard InChI is InChI=1S/C11H11N5S2/c1-12-10(17)16-8-3-4-9(15-7-8)18-11-13-5-2-6-14-11/h2-7H,1H3,(H2,12,16,17). The molecular formula is C11H11N5S2. The maximum atomic E-state index is 5.00. The van der Waals surface area contributed by atoms with Crippen molar-refractivity contribution in [2.45, 2.75) is 10.2 Å². The monoisotopic (exact) mass is 277 g/mol. The van der Waals surface area contributed by atoms with Crippen LogP contribution in [0.25, 0.3) is 0 Å². The van der Waals surface area contributed by atoms with Crippen molar-refractivity contribution in [1.29, 1.82) is 0 Å². The lowest BCUT2D eigenvalue weighted by atomic mass is 10.4. The van der Waals surface area contributed by atoms with Gasteiger partial charge in [-0.05, 0) is 42.2 Å². The van der Waals surface area contributed by atoms with Crippen LogP contribution in [0.2, 0.25) is 0 Å². The van der Waals surface area contributed by atoms with Crippen molar-refractivity contribution in [2.75, 3.05) is 12.4 Å². The van der Waals surface area contributed by atoms with E-state index in [9.17, 15) is 0 Å². The van der Waals surface area contributed by atoms with Crippen molar-refractivity contribution in [1.82, 2.24) is 20.3 Å². The van der Waals surface area contributed by atoms with Crippen LogP contribution in [0.1, 0.15) is 0 Å². The van der Waals surface area contributed by atoms with Gasteiger partial charge in [-0.2, -0.15) is 0 Å². The first kappa shape index (κ1) is 12.7. The summed E-state index contributed by atoms with van der Waals surface area (Å²) in [5.74, 6) is 0. The van der Waals surface area contributed by atoms with E-state index in [1.54, 1.807) is 31.7 Å². The van der Waals surface area contributed by atoms with E-state index in [0.29, 0.717) is 10.3 Å². The second kappa shape index (κ2) is 6.27. The first-order valence-electron chi connectivity index (χ1n) is 5.17. The molecule has 0 radical (unpaired) electrons. The molecule has 0 unspecified atom stereocenters. The Morgan fingerprint density at radius 2 is 2.00 bits per heavy atom. The van der Waals surface area contributed by atoms with Crippen LogP contribution < -0.4 is 10.6 Å². The van der Waals surface area contributed by atoms with E-state index in [4.69, 9.17) is 12.2 Å². The zero-order valence-corrected chi connectivity index (χ0v) is 11.3. The molecule has 0 saturated heterocycles. The molecule has 0 saturated carbocycles. The molecule has 18 heavy (non-hydrogen) atoms. The van der Waals surface area contributed by atoms with Gasteiger partial charge in [0, 0.05) is 19.4 Å². The molecule has 92 valence electrons. The number of hydrogen-bond donors (Lipinski definition) is 2. The Balaban J connectivity index is 2.02. The highest BCUT2D eigenvalue weighted by Gasteiger charge is 2.01. The fourth-order valence-corrected chi connectivity index (χ4v) is 1.91. The third kappa shape index (κ3) is 3.64. The summed E-state index contributed by atoms with van der Waals surface area (Å²) in [4.78, 5) is 12.5. The molecule has 0 fully saturated rings. The van der Waals surface area contributed by atoms with Crippen LogP contribution in [0.3, 0.4) is 0 Å². The molecule has 5 nitrogen and oxygen atoms in total. The molecule has 0 spiro atoms. The minimum absolute atomic E-state index is 0.559. The van der Waals surface area contributed by atoms with Gasteiger partial charge in [0.2, 0.25) is 0 Å². The van der Waals surface area contributed by atoms with E-state index in [0.717, 1.165) is 10.7 Å². The van der Waals surface area contributed by atoms with Gasteiger partial charge in [-0.3, -0.25) is 0 Å². The Bertz CT molecular complexity index is 515. The summed E-state index contributed by atoms with van der Waals surface area (Å²) < 4.78 is 0. The maximum absolute atomic E-state index is 5.00. The first-order chi connectivity index (χ1) is 8.78. The molecule has 2 heterocycles. The number of aromatic nitrogens is 3. The molecule has 0 aliphatic heterocycles. The Hall–Kier alpha value is -1.73. The lowest BCUT2D eigenvalue weighted by Gasteiger charge is -2.06. The second-order valence-corrected chi connectivity index (χ2v) is 4.62. The molecule has 0 aliphatic carbocycles. The number of thiocarbonyl (C=S) groups is 1. The van der Waals surface area contributed by atoms with Crippen molar-refractivity contribution >= 4 is 34.8 Å². The topological polar surface area (TPSA) is 62.7 Å². The molecule has 2 rings (SSSR count). The Morgan fingerprint density at radius 3 is 2.61 bits per heavy atom. The molecule has 7 heteroatoms. The van der Waals surface area contributed by atoms with E-state index < -0.39 is 0 Å². The molecule has 0 atom stereocenters. The van der Waals surface area contributed by atoms with Gasteiger partial charge in [-0.25, -0.2) is 15.0 Å². The molecule has 0 amide bonds. The summed E-state index contributed by atoms with van der Waals surface area (Å²) in [6.07, 6.45) is 5.13. The van der Waals surface area contributed by atoms with Crippen LogP contribution in [0.15, 0.2) is 47.0 Å². The third-order valence-corrected chi connectivity index (χ3v) is 3.11. The zero-order valence-electron chi connectivity index (χ0n) is 9.62. The van der Waals surface area contributed by atoms with Crippen LogP contribution >= 0.6 is 24.0 Å². The predicted octanol–water partition coefficient (Wildman–Crippen LogP) is 1.94. The smallest absolute Gasteiger partial charge is 0.193 e. The summed E-state index contributed by atoms with van der Waals surface area (Å²) in [5.41, 5.74) is 0.840. The first-order valence-corrected chi connectivity index (χ1v) is 6.40. The van der Waals surface area contributed by atoms with Gasteiger partial charge in [0.05, 0.1) is 11.9 Å². The van der Waals surface area contributed by atoms with Crippen LogP contribution in [0.5, 0.6) is 0 Å². The second-order valence-electron chi connectivity index (χ2n) is 3.22. The number of hydrogen-bond acceptors (Lipinski definition) is 5. The highest BCUT2D eigenvalue weighted by Crippen LogP contribution is 2.22. The third-order valence-electron chi connectivity index (χ3n) is 1.96.